The highest BCUT2D eigenvalue weighted by Gasteiger charge is 2.05. The second kappa shape index (κ2) is 6.14. The van der Waals surface area contributed by atoms with Gasteiger partial charge in [0.15, 0.2) is 0 Å². The molecule has 64 valence electrons. The maximum Gasteiger partial charge on any atom is 0.0866 e. The molecular weight excluding hydrogens is 140 g/mol. The predicted octanol–water partition coefficient (Wildman–Crippen LogP) is 0.603. The Morgan fingerprint density at radius 3 is 2.64 bits per heavy atom. The Balaban J connectivity index is 3.61. The SMILES string of the molecule is CCCN(CC#N)CC(C)O. The topological polar surface area (TPSA) is 47.3 Å². The van der Waals surface area contributed by atoms with Crippen LogP contribution >= 0.6 is 0 Å². The van der Waals surface area contributed by atoms with Crippen LogP contribution in [0.1, 0.15) is 20.3 Å². The zero-order chi connectivity index (χ0) is 8.69. The van der Waals surface area contributed by atoms with Gasteiger partial charge in [-0.3, -0.25) is 4.90 Å². The van der Waals surface area contributed by atoms with Crippen molar-refractivity contribution in [2.24, 2.45) is 0 Å². The molecule has 0 amide bonds. The lowest BCUT2D eigenvalue weighted by molar-refractivity contribution is 0.134. The summed E-state index contributed by atoms with van der Waals surface area (Å²) in [5.74, 6) is 0. The zero-order valence-electron chi connectivity index (χ0n) is 7.25. The van der Waals surface area contributed by atoms with E-state index in [1.54, 1.807) is 6.92 Å². The minimum Gasteiger partial charge on any atom is -0.392 e. The lowest BCUT2D eigenvalue weighted by atomic mass is 10.3. The van der Waals surface area contributed by atoms with E-state index in [0.717, 1.165) is 13.0 Å². The molecule has 0 aliphatic carbocycles. The summed E-state index contributed by atoms with van der Waals surface area (Å²) in [6, 6.07) is 2.07. The first-order valence-corrected chi connectivity index (χ1v) is 3.98. The number of aliphatic hydroxyl groups is 1. The van der Waals surface area contributed by atoms with Crippen molar-refractivity contribution < 1.29 is 5.11 Å². The van der Waals surface area contributed by atoms with E-state index in [2.05, 4.69) is 13.0 Å². The van der Waals surface area contributed by atoms with Gasteiger partial charge in [0.25, 0.3) is 0 Å². The van der Waals surface area contributed by atoms with E-state index in [-0.39, 0.29) is 6.10 Å². The fourth-order valence-electron chi connectivity index (χ4n) is 1.02. The molecule has 3 nitrogen and oxygen atoms in total. The van der Waals surface area contributed by atoms with Gasteiger partial charge in [-0.1, -0.05) is 6.92 Å². The molecule has 0 aromatic heterocycles. The molecule has 1 atom stereocenters. The minimum atomic E-state index is -0.338. The van der Waals surface area contributed by atoms with Crippen LogP contribution in [0.4, 0.5) is 0 Å². The van der Waals surface area contributed by atoms with Crippen LogP contribution in [0.3, 0.4) is 0 Å². The van der Waals surface area contributed by atoms with Gasteiger partial charge < -0.3 is 5.11 Å². The molecule has 0 saturated carbocycles. The van der Waals surface area contributed by atoms with Gasteiger partial charge in [0.05, 0.1) is 18.7 Å². The van der Waals surface area contributed by atoms with Gasteiger partial charge in [-0.25, -0.2) is 0 Å². The van der Waals surface area contributed by atoms with Gasteiger partial charge >= 0.3 is 0 Å². The van der Waals surface area contributed by atoms with Crippen LogP contribution in [0.2, 0.25) is 0 Å². The summed E-state index contributed by atoms with van der Waals surface area (Å²) in [5.41, 5.74) is 0. The molecule has 0 heterocycles. The third kappa shape index (κ3) is 5.84. The maximum absolute atomic E-state index is 9.02. The van der Waals surface area contributed by atoms with Crippen molar-refractivity contribution in [3.8, 4) is 6.07 Å². The standard InChI is InChI=1S/C8H16N2O/c1-3-5-10(6-4-9)7-8(2)11/h8,11H,3,5-7H2,1-2H3. The van der Waals surface area contributed by atoms with Crippen LogP contribution in [-0.2, 0) is 0 Å². The summed E-state index contributed by atoms with van der Waals surface area (Å²) in [6.45, 7) is 5.70. The number of nitrogens with zero attached hydrogens (tertiary/aromatic N) is 2. The van der Waals surface area contributed by atoms with Crippen molar-refractivity contribution >= 4 is 0 Å². The Morgan fingerprint density at radius 1 is 1.64 bits per heavy atom. The smallest absolute Gasteiger partial charge is 0.0866 e. The van der Waals surface area contributed by atoms with Crippen molar-refractivity contribution in [1.82, 2.24) is 4.90 Å². The van der Waals surface area contributed by atoms with Crippen molar-refractivity contribution in [2.75, 3.05) is 19.6 Å². The van der Waals surface area contributed by atoms with Crippen LogP contribution in [-0.4, -0.2) is 35.7 Å². The average Bonchev–Trinajstić information content (AvgIpc) is 1.87. The highest BCUT2D eigenvalue weighted by Crippen LogP contribution is 1.92. The first-order valence-electron chi connectivity index (χ1n) is 3.98. The second-order valence-electron chi connectivity index (χ2n) is 2.74. The molecule has 0 rings (SSSR count). The van der Waals surface area contributed by atoms with Gasteiger partial charge in [-0.15, -0.1) is 0 Å². The number of hydrogen-bond acceptors (Lipinski definition) is 3. The third-order valence-corrected chi connectivity index (χ3v) is 1.36. The van der Waals surface area contributed by atoms with Gasteiger partial charge in [-0.05, 0) is 19.9 Å². The molecule has 0 aliphatic rings. The monoisotopic (exact) mass is 156 g/mol. The fraction of sp³-hybridized carbons (Fsp3) is 0.875. The average molecular weight is 156 g/mol. The largest absolute Gasteiger partial charge is 0.392 e. The molecule has 1 unspecified atom stereocenters. The molecule has 0 fully saturated rings. The number of aliphatic hydroxyl groups excluding tert-OH is 1. The lowest BCUT2D eigenvalue weighted by Crippen LogP contribution is -2.31. The summed E-state index contributed by atoms with van der Waals surface area (Å²) >= 11 is 0. The maximum atomic E-state index is 9.02. The molecular formula is C8H16N2O. The Bertz CT molecular complexity index is 129. The van der Waals surface area contributed by atoms with Crippen LogP contribution in [0.25, 0.3) is 0 Å². The van der Waals surface area contributed by atoms with E-state index < -0.39 is 0 Å². The molecule has 1 N–H and O–H groups in total. The highest BCUT2D eigenvalue weighted by atomic mass is 16.3. The van der Waals surface area contributed by atoms with Crippen molar-refractivity contribution in [3.63, 3.8) is 0 Å². The van der Waals surface area contributed by atoms with E-state index in [1.807, 2.05) is 4.90 Å². The first kappa shape index (κ1) is 10.4. The Morgan fingerprint density at radius 2 is 2.27 bits per heavy atom. The zero-order valence-corrected chi connectivity index (χ0v) is 7.25. The van der Waals surface area contributed by atoms with Gasteiger partial charge in [0, 0.05) is 6.54 Å². The van der Waals surface area contributed by atoms with Gasteiger partial charge in [0.2, 0.25) is 0 Å². The number of hydrogen-bond donors (Lipinski definition) is 1. The Hall–Kier alpha value is -0.590. The molecule has 0 radical (unpaired) electrons. The third-order valence-electron chi connectivity index (χ3n) is 1.36. The summed E-state index contributed by atoms with van der Waals surface area (Å²) < 4.78 is 0. The summed E-state index contributed by atoms with van der Waals surface area (Å²) in [5, 5.41) is 17.4. The van der Waals surface area contributed by atoms with Crippen LogP contribution < -0.4 is 0 Å². The van der Waals surface area contributed by atoms with E-state index >= 15 is 0 Å². The summed E-state index contributed by atoms with van der Waals surface area (Å²) in [7, 11) is 0. The van der Waals surface area contributed by atoms with Crippen molar-refractivity contribution in [1.29, 1.82) is 5.26 Å². The highest BCUT2D eigenvalue weighted by molar-refractivity contribution is 4.76. The summed E-state index contributed by atoms with van der Waals surface area (Å²) in [6.07, 6.45) is 0.684. The van der Waals surface area contributed by atoms with Crippen molar-refractivity contribution in [3.05, 3.63) is 0 Å². The van der Waals surface area contributed by atoms with Crippen molar-refractivity contribution in [2.45, 2.75) is 26.4 Å². The van der Waals surface area contributed by atoms with E-state index in [0.29, 0.717) is 13.1 Å². The van der Waals surface area contributed by atoms with Crippen LogP contribution in [0.5, 0.6) is 0 Å². The van der Waals surface area contributed by atoms with E-state index in [1.165, 1.54) is 0 Å². The fourth-order valence-corrected chi connectivity index (χ4v) is 1.02. The summed E-state index contributed by atoms with van der Waals surface area (Å²) in [4.78, 5) is 1.95. The Labute approximate surface area is 68.2 Å². The molecule has 0 spiro atoms. The molecule has 0 aromatic carbocycles. The van der Waals surface area contributed by atoms with E-state index in [4.69, 9.17) is 10.4 Å². The predicted molar refractivity (Wildman–Crippen MR) is 44.0 cm³/mol. The molecule has 0 bridgehead atoms. The molecule has 3 heteroatoms. The first-order chi connectivity index (χ1) is 5.20. The van der Waals surface area contributed by atoms with Crippen LogP contribution in [0.15, 0.2) is 0 Å². The number of nitriles is 1. The second-order valence-corrected chi connectivity index (χ2v) is 2.74. The Kier molecular flexibility index (Phi) is 5.81. The molecule has 0 aliphatic heterocycles. The number of rotatable bonds is 5. The van der Waals surface area contributed by atoms with Gasteiger partial charge in [0.1, 0.15) is 0 Å². The minimum absolute atomic E-state index is 0.338. The molecule has 0 saturated heterocycles. The molecule has 11 heavy (non-hydrogen) atoms. The quantitative estimate of drug-likeness (QED) is 0.593. The van der Waals surface area contributed by atoms with Crippen LogP contribution in [0, 0.1) is 11.3 Å². The van der Waals surface area contributed by atoms with Gasteiger partial charge in [-0.2, -0.15) is 5.26 Å². The van der Waals surface area contributed by atoms with E-state index in [9.17, 15) is 0 Å². The lowest BCUT2D eigenvalue weighted by Gasteiger charge is -2.19. The molecule has 0 aromatic rings. The normalized spacial score (nSPS) is 13.0.